The third kappa shape index (κ3) is 2.67. The predicted octanol–water partition coefficient (Wildman–Crippen LogP) is -0.0481. The van der Waals surface area contributed by atoms with E-state index in [0.717, 1.165) is 12.1 Å². The summed E-state index contributed by atoms with van der Waals surface area (Å²) in [6.45, 7) is 6.18. The van der Waals surface area contributed by atoms with E-state index in [2.05, 4.69) is 11.9 Å². The normalized spacial score (nSPS) is 22.4. The van der Waals surface area contributed by atoms with Crippen LogP contribution in [0.4, 0.5) is 0 Å². The highest BCUT2D eigenvalue weighted by atomic mass is 16.2. The number of hydrogen-bond acceptors (Lipinski definition) is 3. The minimum atomic E-state index is -0.151. The third-order valence-electron chi connectivity index (χ3n) is 2.30. The lowest BCUT2D eigenvalue weighted by Crippen LogP contribution is -2.42. The zero-order chi connectivity index (χ0) is 10.7. The first-order valence-electron chi connectivity index (χ1n) is 4.64. The predicted molar refractivity (Wildman–Crippen MR) is 53.9 cm³/mol. The molecule has 14 heavy (non-hydrogen) atoms. The van der Waals surface area contributed by atoms with Gasteiger partial charge in [-0.15, -0.1) is 0 Å². The molecule has 1 fully saturated rings. The van der Waals surface area contributed by atoms with Crippen molar-refractivity contribution >= 4 is 11.7 Å². The highest BCUT2D eigenvalue weighted by Gasteiger charge is 2.29. The molecule has 1 heterocycles. The lowest BCUT2D eigenvalue weighted by Gasteiger charge is -2.17. The molecule has 0 aromatic carbocycles. The smallest absolute Gasteiger partial charge is 0.238 e. The Bertz CT molecular complexity index is 273. The molecule has 0 bridgehead atoms. The van der Waals surface area contributed by atoms with Crippen molar-refractivity contribution in [3.8, 4) is 0 Å². The summed E-state index contributed by atoms with van der Waals surface area (Å²) in [6.07, 6.45) is 0.695. The van der Waals surface area contributed by atoms with Crippen LogP contribution in [0.1, 0.15) is 13.3 Å². The molecular weight excluding hydrogens is 180 g/mol. The molecule has 0 spiro atoms. The number of amides is 1. The fourth-order valence-electron chi connectivity index (χ4n) is 1.58. The molecule has 1 rings (SSSR count). The van der Waals surface area contributed by atoms with Crippen molar-refractivity contribution in [2.75, 3.05) is 20.1 Å². The van der Waals surface area contributed by atoms with Gasteiger partial charge in [0.05, 0.1) is 12.6 Å². The van der Waals surface area contributed by atoms with Crippen molar-refractivity contribution in [2.45, 2.75) is 19.4 Å². The zero-order valence-corrected chi connectivity index (χ0v) is 8.67. The molecule has 0 aromatic rings. The van der Waals surface area contributed by atoms with E-state index in [-0.39, 0.29) is 24.3 Å². The van der Waals surface area contributed by atoms with Gasteiger partial charge in [0.2, 0.25) is 5.91 Å². The standard InChI is InChI=1S/C10H16N2O2/c1-7-4-9(12(3)6-7)10(14)11-5-8(2)13/h9H,1,4-6H2,2-3H3,(H,11,14). The molecule has 1 amide bonds. The number of Topliss-reactive ketones (excluding diaryl/α,β-unsaturated/α-hetero) is 1. The van der Waals surface area contributed by atoms with Gasteiger partial charge in [0, 0.05) is 6.54 Å². The van der Waals surface area contributed by atoms with Crippen LogP contribution in [0.3, 0.4) is 0 Å². The quantitative estimate of drug-likeness (QED) is 0.644. The molecule has 4 heteroatoms. The van der Waals surface area contributed by atoms with E-state index < -0.39 is 0 Å². The average molecular weight is 196 g/mol. The summed E-state index contributed by atoms with van der Waals surface area (Å²) in [4.78, 5) is 24.2. The Morgan fingerprint density at radius 1 is 1.64 bits per heavy atom. The Balaban J connectivity index is 2.45. The van der Waals surface area contributed by atoms with Gasteiger partial charge in [-0.3, -0.25) is 14.5 Å². The van der Waals surface area contributed by atoms with Crippen LogP contribution in [0.5, 0.6) is 0 Å². The van der Waals surface area contributed by atoms with Gasteiger partial charge in [-0.1, -0.05) is 12.2 Å². The molecule has 1 unspecified atom stereocenters. The number of carbonyl (C=O) groups is 2. The highest BCUT2D eigenvalue weighted by molar-refractivity contribution is 5.87. The maximum Gasteiger partial charge on any atom is 0.238 e. The molecule has 0 saturated carbocycles. The number of hydrogen-bond donors (Lipinski definition) is 1. The number of likely N-dealkylation sites (tertiary alicyclic amines) is 1. The van der Waals surface area contributed by atoms with Crippen LogP contribution in [0, 0.1) is 0 Å². The van der Waals surface area contributed by atoms with Gasteiger partial charge in [-0.2, -0.15) is 0 Å². The monoisotopic (exact) mass is 196 g/mol. The minimum absolute atomic E-state index is 0.0298. The second kappa shape index (κ2) is 4.37. The minimum Gasteiger partial charge on any atom is -0.348 e. The van der Waals surface area contributed by atoms with Gasteiger partial charge in [0.1, 0.15) is 5.78 Å². The second-order valence-corrected chi connectivity index (χ2v) is 3.80. The molecule has 0 radical (unpaired) electrons. The van der Waals surface area contributed by atoms with Crippen molar-refractivity contribution in [3.63, 3.8) is 0 Å². The lowest BCUT2D eigenvalue weighted by atomic mass is 10.1. The Kier molecular flexibility index (Phi) is 3.41. The summed E-state index contributed by atoms with van der Waals surface area (Å²) < 4.78 is 0. The molecule has 1 aliphatic rings. The summed E-state index contributed by atoms with van der Waals surface area (Å²) in [5, 5.41) is 2.60. The first kappa shape index (κ1) is 10.9. The van der Waals surface area contributed by atoms with Gasteiger partial charge in [0.15, 0.2) is 0 Å². The van der Waals surface area contributed by atoms with E-state index in [1.807, 2.05) is 11.9 Å². The summed E-state index contributed by atoms with van der Waals surface area (Å²) >= 11 is 0. The van der Waals surface area contributed by atoms with Crippen LogP contribution in [0.15, 0.2) is 12.2 Å². The number of nitrogens with one attached hydrogen (secondary N) is 1. The average Bonchev–Trinajstić information content (AvgIpc) is 2.41. The Hall–Kier alpha value is -1.16. The molecule has 1 aliphatic heterocycles. The fraction of sp³-hybridized carbons (Fsp3) is 0.600. The summed E-state index contributed by atoms with van der Waals surface area (Å²) in [7, 11) is 1.89. The molecule has 4 nitrogen and oxygen atoms in total. The van der Waals surface area contributed by atoms with E-state index in [4.69, 9.17) is 0 Å². The SMILES string of the molecule is C=C1CC(C(=O)NCC(C)=O)N(C)C1. The van der Waals surface area contributed by atoms with Crippen LogP contribution < -0.4 is 5.32 Å². The molecule has 1 atom stereocenters. The Morgan fingerprint density at radius 3 is 2.71 bits per heavy atom. The van der Waals surface area contributed by atoms with Gasteiger partial charge in [-0.05, 0) is 20.4 Å². The van der Waals surface area contributed by atoms with E-state index in [1.165, 1.54) is 6.92 Å². The third-order valence-corrected chi connectivity index (χ3v) is 2.30. The Morgan fingerprint density at radius 2 is 2.29 bits per heavy atom. The van der Waals surface area contributed by atoms with Crippen molar-refractivity contribution in [3.05, 3.63) is 12.2 Å². The Labute approximate surface area is 84.0 Å². The summed E-state index contributed by atoms with van der Waals surface area (Å²) in [5.41, 5.74) is 1.07. The lowest BCUT2D eigenvalue weighted by molar-refractivity contribution is -0.127. The van der Waals surface area contributed by atoms with Crippen molar-refractivity contribution in [2.24, 2.45) is 0 Å². The summed E-state index contributed by atoms with van der Waals surface area (Å²) in [6, 6.07) is -0.151. The molecule has 0 aliphatic carbocycles. The van der Waals surface area contributed by atoms with Crippen LogP contribution in [-0.2, 0) is 9.59 Å². The number of rotatable bonds is 3. The first-order valence-corrected chi connectivity index (χ1v) is 4.64. The fourth-order valence-corrected chi connectivity index (χ4v) is 1.58. The van der Waals surface area contributed by atoms with Gasteiger partial charge in [0.25, 0.3) is 0 Å². The maximum absolute atomic E-state index is 11.6. The van der Waals surface area contributed by atoms with E-state index in [9.17, 15) is 9.59 Å². The second-order valence-electron chi connectivity index (χ2n) is 3.80. The number of carbonyl (C=O) groups excluding carboxylic acids is 2. The first-order chi connectivity index (χ1) is 6.50. The van der Waals surface area contributed by atoms with Gasteiger partial charge < -0.3 is 5.32 Å². The number of ketones is 1. The largest absolute Gasteiger partial charge is 0.348 e. The maximum atomic E-state index is 11.6. The molecule has 1 saturated heterocycles. The van der Waals surface area contributed by atoms with Crippen molar-refractivity contribution < 1.29 is 9.59 Å². The van der Waals surface area contributed by atoms with Crippen LogP contribution >= 0.6 is 0 Å². The topological polar surface area (TPSA) is 49.4 Å². The van der Waals surface area contributed by atoms with Crippen LogP contribution in [0.25, 0.3) is 0 Å². The summed E-state index contributed by atoms with van der Waals surface area (Å²) in [5.74, 6) is -0.112. The molecule has 1 N–H and O–H groups in total. The molecule has 0 aromatic heterocycles. The number of likely N-dealkylation sites (N-methyl/N-ethyl adjacent to an activating group) is 1. The highest BCUT2D eigenvalue weighted by Crippen LogP contribution is 2.18. The van der Waals surface area contributed by atoms with E-state index >= 15 is 0 Å². The van der Waals surface area contributed by atoms with Crippen LogP contribution in [0.2, 0.25) is 0 Å². The van der Waals surface area contributed by atoms with Gasteiger partial charge in [-0.25, -0.2) is 0 Å². The zero-order valence-electron chi connectivity index (χ0n) is 8.67. The van der Waals surface area contributed by atoms with E-state index in [0.29, 0.717) is 6.42 Å². The molecular formula is C10H16N2O2. The molecule has 78 valence electrons. The van der Waals surface area contributed by atoms with Gasteiger partial charge >= 0.3 is 0 Å². The number of nitrogens with zero attached hydrogens (tertiary/aromatic N) is 1. The van der Waals surface area contributed by atoms with Crippen molar-refractivity contribution in [1.82, 2.24) is 10.2 Å². The van der Waals surface area contributed by atoms with Crippen molar-refractivity contribution in [1.29, 1.82) is 0 Å². The van der Waals surface area contributed by atoms with E-state index in [1.54, 1.807) is 0 Å². The van der Waals surface area contributed by atoms with Crippen LogP contribution in [-0.4, -0.2) is 42.8 Å².